The molecule has 4 aliphatic rings. The summed E-state index contributed by atoms with van der Waals surface area (Å²) in [6.45, 7) is 12.4. The molecule has 5 unspecified atom stereocenters. The molecular weight excluding hydrogens is 1070 g/mol. The molecule has 2 aromatic heterocycles. The van der Waals surface area contributed by atoms with Gasteiger partial charge in [0.15, 0.2) is 11.2 Å². The average molecular weight is 1140 g/mol. The van der Waals surface area contributed by atoms with Crippen molar-refractivity contribution in [3.8, 4) is 23.3 Å². The van der Waals surface area contributed by atoms with Crippen molar-refractivity contribution in [1.29, 1.82) is 0 Å². The van der Waals surface area contributed by atoms with E-state index in [0.717, 1.165) is 45.8 Å². The van der Waals surface area contributed by atoms with Crippen molar-refractivity contribution < 1.29 is 75.6 Å². The zero-order chi connectivity index (χ0) is 56.4. The number of phosphoric acid groups is 3. The lowest BCUT2D eigenvalue weighted by Crippen LogP contribution is -2.90. The maximum absolute atomic E-state index is 14.6. The van der Waals surface area contributed by atoms with Crippen LogP contribution in [0.25, 0.3) is 16.6 Å². The number of rotatable bonds is 15. The predicted molar refractivity (Wildman–Crippen MR) is 281 cm³/mol. The van der Waals surface area contributed by atoms with Crippen LogP contribution in [0, 0.1) is 11.8 Å². The molecule has 24 nitrogen and oxygen atoms in total. The number of hydrogen-bond acceptors (Lipinski definition) is 16. The minimum absolute atomic E-state index is 0.0176. The third kappa shape index (κ3) is 12.4. The maximum atomic E-state index is 14.6. The molecular formula is C51H61N8O16P3. The molecule has 0 radical (unpaired) electrons. The lowest BCUT2D eigenvalue weighted by atomic mass is 9.79. The maximum Gasteiger partial charge on any atom is 0.487 e. The quantitative estimate of drug-likeness (QED) is 0.0527. The number of ether oxygens (including phenoxy) is 2. The van der Waals surface area contributed by atoms with Gasteiger partial charge in [0.1, 0.15) is 23.8 Å². The monoisotopic (exact) mass is 1130 g/mol. The Balaban J connectivity index is 0.873. The van der Waals surface area contributed by atoms with Crippen molar-refractivity contribution in [2.24, 2.45) is 0 Å². The van der Waals surface area contributed by atoms with Gasteiger partial charge < -0.3 is 60.0 Å². The third-order valence-corrected chi connectivity index (χ3v) is 17.8. The summed E-state index contributed by atoms with van der Waals surface area (Å²) in [5.41, 5.74) is 11.5. The van der Waals surface area contributed by atoms with Crippen LogP contribution in [0.3, 0.4) is 0 Å². The molecule has 5 aromatic rings. The van der Waals surface area contributed by atoms with E-state index in [1.54, 1.807) is 11.9 Å². The number of amides is 2. The fourth-order valence-electron chi connectivity index (χ4n) is 11.0. The van der Waals surface area contributed by atoms with Crippen LogP contribution in [-0.2, 0) is 36.4 Å². The zero-order valence-electron chi connectivity index (χ0n) is 43.7. The van der Waals surface area contributed by atoms with Gasteiger partial charge in [0.25, 0.3) is 19.3 Å². The number of aliphatic hydroxyl groups excluding tert-OH is 1. The standard InChI is InChI=1S/C51H61N8O16P3/c1-27-23-50(3,4)56-36-20-39-34(18-32(27)36)45(35-19-33-28(2)24-51(5,6)57-37(33)21-40(35)72-39)30-13-8-9-14-31(30)48(63)58(7)17-11-15-42(61)53-16-10-12-29-25-59(46-44(29)47(62)55-49(52)54-46)43-22-38(60)41(73-43)26-71-77(67,68)75-78(69,70)74-76(64,65)66/h8-9,13-14,18-21,25,27-28,38,41,43,56,60H,11,15-17,22-24,26H2,1-7H3,(H,53,61)(H,67,68)(H,69,70)(H2,64,65,66)(H3,52,54,55,62)/t27?,28?,38-,41+,43+/m0/s1. The van der Waals surface area contributed by atoms with Crippen molar-refractivity contribution in [1.82, 2.24) is 24.8 Å². The number of aromatic nitrogens is 3. The molecule has 416 valence electrons. The van der Waals surface area contributed by atoms with Crippen molar-refractivity contribution in [2.75, 3.05) is 37.8 Å². The molecule has 1 saturated heterocycles. The minimum atomic E-state index is -5.88. The smallest absolute Gasteiger partial charge is 0.487 e. The van der Waals surface area contributed by atoms with Crippen LogP contribution >= 0.6 is 23.5 Å². The highest BCUT2D eigenvalue weighted by Crippen LogP contribution is 2.65. The summed E-state index contributed by atoms with van der Waals surface area (Å²) in [4.78, 5) is 91.5. The molecule has 9 rings (SSSR count). The van der Waals surface area contributed by atoms with Gasteiger partial charge in [0, 0.05) is 83.8 Å². The number of H-pyrrole nitrogens is 1. The van der Waals surface area contributed by atoms with E-state index in [1.165, 1.54) is 21.9 Å². The summed E-state index contributed by atoms with van der Waals surface area (Å²) in [5.74, 6) is 6.73. The van der Waals surface area contributed by atoms with Crippen LogP contribution in [0.2, 0.25) is 0 Å². The van der Waals surface area contributed by atoms with Crippen LogP contribution < -0.4 is 47.1 Å². The fourth-order valence-corrected chi connectivity index (χ4v) is 14.0. The van der Waals surface area contributed by atoms with E-state index in [-0.39, 0.29) is 83.2 Å². The number of nitrogens with two attached hydrogens (primary N) is 1. The lowest BCUT2D eigenvalue weighted by molar-refractivity contribution is -0.588. The van der Waals surface area contributed by atoms with Crippen molar-refractivity contribution in [2.45, 2.75) is 115 Å². The number of aromatic amines is 1. The van der Waals surface area contributed by atoms with Gasteiger partial charge >= 0.3 is 15.6 Å². The van der Waals surface area contributed by atoms with E-state index in [0.29, 0.717) is 23.5 Å². The van der Waals surface area contributed by atoms with Crippen LogP contribution in [-0.4, -0.2) is 101 Å². The molecule has 0 saturated carbocycles. The number of carbonyl (C=O) groups is 2. The van der Waals surface area contributed by atoms with Gasteiger partial charge in [-0.15, -0.1) is 0 Å². The van der Waals surface area contributed by atoms with Crippen LogP contribution in [0.15, 0.2) is 59.5 Å². The van der Waals surface area contributed by atoms with Gasteiger partial charge in [0.05, 0.1) is 36.3 Å². The highest BCUT2D eigenvalue weighted by Gasteiger charge is 2.42. The molecule has 2 amide bonds. The van der Waals surface area contributed by atoms with E-state index < -0.39 is 54.1 Å². The number of anilines is 2. The van der Waals surface area contributed by atoms with E-state index >= 15 is 0 Å². The largest absolute Gasteiger partial charge is 0.756 e. The molecule has 0 bridgehead atoms. The van der Waals surface area contributed by atoms with Crippen LogP contribution in [0.1, 0.15) is 130 Å². The molecule has 78 heavy (non-hydrogen) atoms. The Morgan fingerprint density at radius 2 is 1.74 bits per heavy atom. The number of aliphatic hydroxyl groups is 1. The number of fused-ring (bicyclic) bond motifs is 5. The normalized spacial score (nSPS) is 23.0. The number of carbonyl (C=O) groups excluding carboxylic acids is 2. The van der Waals surface area contributed by atoms with Gasteiger partial charge in [-0.3, -0.25) is 28.5 Å². The highest BCUT2D eigenvalue weighted by atomic mass is 31.3. The topological polar surface area (TPSA) is 353 Å². The second-order valence-electron chi connectivity index (χ2n) is 21.4. The number of nitrogens with zero attached hydrogens (tertiary/aromatic N) is 3. The van der Waals surface area contributed by atoms with Crippen molar-refractivity contribution >= 4 is 63.5 Å². The zero-order valence-corrected chi connectivity index (χ0v) is 46.4. The van der Waals surface area contributed by atoms with E-state index in [2.05, 4.69) is 116 Å². The number of benzene rings is 3. The SMILES string of the molecule is CC1CC(C)(C)Nc2cc3c(cc21)C(c1ccccc1C(=O)N(C)CCCC(=O)NCC#Cc1cn([C@H]2C[C@H](O)[C@@H](COP(=O)(O)OP(=O)(O)OP(=O)([O-])O)O2)c2nc(N)[nH]c(=O)c12)=c1cc2c(cc1O3)=[NH+]C(C)(C)CC2C. The highest BCUT2D eigenvalue weighted by molar-refractivity contribution is 7.66. The van der Waals surface area contributed by atoms with Gasteiger partial charge in [-0.1, -0.05) is 43.9 Å². The third-order valence-electron chi connectivity index (χ3n) is 14.0. The molecule has 6 heterocycles. The second-order valence-corrected chi connectivity index (χ2v) is 25.8. The van der Waals surface area contributed by atoms with Crippen LogP contribution in [0.4, 0.5) is 11.6 Å². The predicted octanol–water partition coefficient (Wildman–Crippen LogP) is 2.72. The van der Waals surface area contributed by atoms with Gasteiger partial charge in [-0.05, 0) is 81.7 Å². The van der Waals surface area contributed by atoms with E-state index in [9.17, 15) is 47.9 Å². The minimum Gasteiger partial charge on any atom is -0.756 e. The molecule has 1 fully saturated rings. The van der Waals surface area contributed by atoms with Gasteiger partial charge in [-0.2, -0.15) is 9.29 Å². The molecule has 3 aromatic carbocycles. The summed E-state index contributed by atoms with van der Waals surface area (Å²) in [6, 6.07) is 16.2. The van der Waals surface area contributed by atoms with Gasteiger partial charge in [-0.25, -0.2) is 18.4 Å². The summed E-state index contributed by atoms with van der Waals surface area (Å²) in [7, 11) is -15.6. The van der Waals surface area contributed by atoms with Crippen molar-refractivity contribution in [3.63, 3.8) is 0 Å². The van der Waals surface area contributed by atoms with Crippen molar-refractivity contribution in [3.05, 3.63) is 109 Å². The molecule has 8 atom stereocenters. The number of phosphoric ester groups is 1. The number of nitrogen functional groups attached to an aromatic ring is 1. The first-order chi connectivity index (χ1) is 36.5. The summed E-state index contributed by atoms with van der Waals surface area (Å²) in [6.07, 6.45) is -0.483. The molecule has 4 aliphatic heterocycles. The Labute approximate surface area is 447 Å². The van der Waals surface area contributed by atoms with Crippen LogP contribution in [0.5, 0.6) is 11.5 Å². The Morgan fingerprint density at radius 3 is 2.49 bits per heavy atom. The number of nitrogens with one attached hydrogen (secondary N) is 4. The fraction of sp³-hybridized carbons (Fsp3) is 0.431. The Kier molecular flexibility index (Phi) is 15.4. The van der Waals surface area contributed by atoms with Gasteiger partial charge in [0.2, 0.25) is 17.2 Å². The summed E-state index contributed by atoms with van der Waals surface area (Å²) >= 11 is 0. The Hall–Kier alpha value is -6.02. The Morgan fingerprint density at radius 1 is 1.01 bits per heavy atom. The first-order valence-corrected chi connectivity index (χ1v) is 29.5. The average Bonchev–Trinajstić information content (AvgIpc) is 3.84. The number of hydrogen-bond donors (Lipinski definition) is 9. The molecule has 0 aliphatic carbocycles. The molecule has 0 spiro atoms. The Bertz CT molecular complexity index is 3680. The lowest BCUT2D eigenvalue weighted by Gasteiger charge is -2.38. The second kappa shape index (κ2) is 21.2. The summed E-state index contributed by atoms with van der Waals surface area (Å²) in [5, 5.41) is 19.1. The molecule has 10 N–H and O–H groups in total. The summed E-state index contributed by atoms with van der Waals surface area (Å²) < 4.78 is 60.7. The van der Waals surface area contributed by atoms with E-state index in [1.807, 2.05) is 24.3 Å². The first-order valence-electron chi connectivity index (χ1n) is 25.0. The molecule has 27 heteroatoms. The van der Waals surface area contributed by atoms with E-state index in [4.69, 9.17) is 20.1 Å². The first kappa shape index (κ1) is 56.7.